The van der Waals surface area contributed by atoms with Gasteiger partial charge < -0.3 is 9.30 Å². The van der Waals surface area contributed by atoms with E-state index < -0.39 is 0 Å². The fourth-order valence-corrected chi connectivity index (χ4v) is 1.55. The fourth-order valence-electron chi connectivity index (χ4n) is 1.55. The summed E-state index contributed by atoms with van der Waals surface area (Å²) in [6.45, 7) is 0.252. The molecule has 0 unspecified atom stereocenters. The number of ether oxygens (including phenoxy) is 1. The van der Waals surface area contributed by atoms with Gasteiger partial charge in [-0.25, -0.2) is 0 Å². The van der Waals surface area contributed by atoms with Crippen LogP contribution in [0.2, 0.25) is 0 Å². The molecule has 0 N–H and O–H groups in total. The lowest BCUT2D eigenvalue weighted by Crippen LogP contribution is -1.98. The molecule has 0 radical (unpaired) electrons. The molecule has 0 fully saturated rings. The third-order valence-electron chi connectivity index (χ3n) is 2.34. The van der Waals surface area contributed by atoms with E-state index in [-0.39, 0.29) is 6.61 Å². The van der Waals surface area contributed by atoms with Crippen molar-refractivity contribution in [1.29, 1.82) is 0 Å². The molecule has 17 heavy (non-hydrogen) atoms. The van der Waals surface area contributed by atoms with E-state index in [1.807, 2.05) is 36.5 Å². The van der Waals surface area contributed by atoms with Gasteiger partial charge in [-0.1, -0.05) is 5.92 Å². The van der Waals surface area contributed by atoms with Crippen LogP contribution in [-0.4, -0.2) is 17.5 Å². The topological polar surface area (TPSA) is 31.2 Å². The quantitative estimate of drug-likeness (QED) is 0.590. The van der Waals surface area contributed by atoms with Gasteiger partial charge in [0.1, 0.15) is 12.4 Å². The summed E-state index contributed by atoms with van der Waals surface area (Å²) >= 11 is 0. The second-order valence-electron chi connectivity index (χ2n) is 3.41. The third-order valence-corrected chi connectivity index (χ3v) is 2.34. The first-order valence-electron chi connectivity index (χ1n) is 5.14. The molecule has 1 aromatic heterocycles. The number of aldehydes is 1. The Morgan fingerprint density at radius 1 is 1.29 bits per heavy atom. The second kappa shape index (κ2) is 5.04. The maximum absolute atomic E-state index is 10.8. The molecule has 3 heteroatoms. The van der Waals surface area contributed by atoms with Crippen molar-refractivity contribution in [2.45, 2.75) is 0 Å². The Morgan fingerprint density at radius 3 is 2.71 bits per heavy atom. The lowest BCUT2D eigenvalue weighted by atomic mass is 10.3. The van der Waals surface area contributed by atoms with Gasteiger partial charge in [-0.15, -0.1) is 6.42 Å². The maximum Gasteiger partial charge on any atom is 0.166 e. The molecule has 0 aliphatic heterocycles. The van der Waals surface area contributed by atoms with Crippen LogP contribution in [0.25, 0.3) is 5.69 Å². The number of nitrogens with zero attached hydrogens (tertiary/aromatic N) is 1. The van der Waals surface area contributed by atoms with E-state index in [4.69, 9.17) is 11.2 Å². The summed E-state index contributed by atoms with van der Waals surface area (Å²) in [5.74, 6) is 3.12. The van der Waals surface area contributed by atoms with Gasteiger partial charge >= 0.3 is 0 Å². The van der Waals surface area contributed by atoms with Crippen LogP contribution in [0.4, 0.5) is 0 Å². The summed E-state index contributed by atoms with van der Waals surface area (Å²) in [6, 6.07) is 11.0. The van der Waals surface area contributed by atoms with Crippen molar-refractivity contribution in [1.82, 2.24) is 4.57 Å². The van der Waals surface area contributed by atoms with Crippen molar-refractivity contribution in [3.63, 3.8) is 0 Å². The molecule has 84 valence electrons. The van der Waals surface area contributed by atoms with Crippen molar-refractivity contribution < 1.29 is 9.53 Å². The number of hydrogen-bond donors (Lipinski definition) is 0. The van der Waals surface area contributed by atoms with E-state index in [1.54, 1.807) is 10.6 Å². The van der Waals surface area contributed by atoms with Crippen LogP contribution in [-0.2, 0) is 0 Å². The lowest BCUT2D eigenvalue weighted by molar-refractivity contribution is 0.111. The first kappa shape index (κ1) is 11.0. The van der Waals surface area contributed by atoms with Gasteiger partial charge in [0.05, 0.1) is 5.69 Å². The average Bonchev–Trinajstić information content (AvgIpc) is 2.85. The zero-order chi connectivity index (χ0) is 12.1. The minimum atomic E-state index is 0.252. The van der Waals surface area contributed by atoms with Crippen molar-refractivity contribution in [2.75, 3.05) is 6.61 Å². The summed E-state index contributed by atoms with van der Waals surface area (Å²) in [5, 5.41) is 0. The van der Waals surface area contributed by atoms with Crippen LogP contribution < -0.4 is 4.74 Å². The Hall–Kier alpha value is -2.47. The number of carbonyl (C=O) groups is 1. The Bertz CT molecular complexity index is 546. The summed E-state index contributed by atoms with van der Waals surface area (Å²) in [5.41, 5.74) is 1.52. The van der Waals surface area contributed by atoms with Crippen LogP contribution in [0.1, 0.15) is 10.5 Å². The van der Waals surface area contributed by atoms with Crippen molar-refractivity contribution >= 4 is 6.29 Å². The van der Waals surface area contributed by atoms with Gasteiger partial charge in [0, 0.05) is 11.9 Å². The molecule has 0 aliphatic rings. The van der Waals surface area contributed by atoms with Crippen LogP contribution in [0.5, 0.6) is 5.75 Å². The van der Waals surface area contributed by atoms with E-state index in [2.05, 4.69) is 5.92 Å². The predicted molar refractivity (Wildman–Crippen MR) is 65.5 cm³/mol. The zero-order valence-electron chi connectivity index (χ0n) is 9.17. The highest BCUT2D eigenvalue weighted by Gasteiger charge is 2.01. The van der Waals surface area contributed by atoms with E-state index >= 15 is 0 Å². The Labute approximate surface area is 99.6 Å². The molecular formula is C14H11NO2. The molecule has 0 amide bonds. The summed E-state index contributed by atoms with van der Waals surface area (Å²) in [4.78, 5) is 10.8. The highest BCUT2D eigenvalue weighted by molar-refractivity contribution is 5.73. The van der Waals surface area contributed by atoms with Gasteiger partial charge in [-0.2, -0.15) is 0 Å². The monoisotopic (exact) mass is 225 g/mol. The van der Waals surface area contributed by atoms with E-state index in [1.165, 1.54) is 0 Å². The minimum Gasteiger partial charge on any atom is -0.481 e. The summed E-state index contributed by atoms with van der Waals surface area (Å²) in [6.07, 6.45) is 7.76. The molecule has 1 aromatic carbocycles. The Balaban J connectivity index is 2.24. The minimum absolute atomic E-state index is 0.252. The van der Waals surface area contributed by atoms with Gasteiger partial charge in [-0.3, -0.25) is 4.79 Å². The highest BCUT2D eigenvalue weighted by atomic mass is 16.5. The molecule has 1 heterocycles. The molecule has 0 atom stereocenters. The van der Waals surface area contributed by atoms with Gasteiger partial charge in [0.2, 0.25) is 0 Å². The van der Waals surface area contributed by atoms with Gasteiger partial charge in [-0.05, 0) is 36.4 Å². The van der Waals surface area contributed by atoms with Crippen molar-refractivity contribution in [2.24, 2.45) is 0 Å². The smallest absolute Gasteiger partial charge is 0.166 e. The molecule has 0 saturated heterocycles. The number of benzene rings is 1. The lowest BCUT2D eigenvalue weighted by Gasteiger charge is -2.07. The third kappa shape index (κ3) is 2.37. The van der Waals surface area contributed by atoms with Crippen LogP contribution in [0, 0.1) is 12.3 Å². The molecule has 3 nitrogen and oxygen atoms in total. The van der Waals surface area contributed by atoms with Crippen molar-refractivity contribution in [3.8, 4) is 23.8 Å². The van der Waals surface area contributed by atoms with E-state index in [0.29, 0.717) is 11.4 Å². The number of carbonyl (C=O) groups excluding carboxylic acids is 1. The largest absolute Gasteiger partial charge is 0.481 e. The maximum atomic E-state index is 10.8. The van der Waals surface area contributed by atoms with E-state index in [0.717, 1.165) is 12.0 Å². The number of terminal acetylenes is 1. The van der Waals surface area contributed by atoms with Crippen LogP contribution >= 0.6 is 0 Å². The second-order valence-corrected chi connectivity index (χ2v) is 3.41. The fraction of sp³-hybridized carbons (Fsp3) is 0.0714. The molecule has 0 bridgehead atoms. The average molecular weight is 225 g/mol. The number of rotatable bonds is 4. The zero-order valence-corrected chi connectivity index (χ0v) is 9.17. The molecule has 2 rings (SSSR count). The molecular weight excluding hydrogens is 214 g/mol. The standard InChI is InChI=1S/C14H11NO2/c1-2-10-17-14-7-5-12(6-8-14)15-9-3-4-13(15)11-16/h1,3-9,11H,10H2. The first-order chi connectivity index (χ1) is 8.35. The number of hydrogen-bond acceptors (Lipinski definition) is 2. The normalized spacial score (nSPS) is 9.59. The van der Waals surface area contributed by atoms with Crippen LogP contribution in [0.15, 0.2) is 42.6 Å². The summed E-state index contributed by atoms with van der Waals surface area (Å²) < 4.78 is 7.07. The van der Waals surface area contributed by atoms with Gasteiger partial charge in [0.25, 0.3) is 0 Å². The van der Waals surface area contributed by atoms with Crippen molar-refractivity contribution in [3.05, 3.63) is 48.3 Å². The van der Waals surface area contributed by atoms with Gasteiger partial charge in [0.15, 0.2) is 6.29 Å². The summed E-state index contributed by atoms with van der Waals surface area (Å²) in [7, 11) is 0. The molecule has 0 saturated carbocycles. The Morgan fingerprint density at radius 2 is 2.06 bits per heavy atom. The van der Waals surface area contributed by atoms with Crippen LogP contribution in [0.3, 0.4) is 0 Å². The molecule has 0 spiro atoms. The highest BCUT2D eigenvalue weighted by Crippen LogP contribution is 2.16. The number of aromatic nitrogens is 1. The van der Waals surface area contributed by atoms with E-state index in [9.17, 15) is 4.79 Å². The predicted octanol–water partition coefficient (Wildman–Crippen LogP) is 2.30. The SMILES string of the molecule is C#CCOc1ccc(-n2cccc2C=O)cc1. The molecule has 2 aromatic rings. The molecule has 0 aliphatic carbocycles. The Kier molecular flexibility index (Phi) is 3.27. The first-order valence-corrected chi connectivity index (χ1v) is 5.14.